The first-order valence-corrected chi connectivity index (χ1v) is 9.22. The molecular weight excluding hydrogens is 395 g/mol. The Morgan fingerprint density at radius 1 is 1.33 bits per heavy atom. The van der Waals surface area contributed by atoms with Crippen molar-refractivity contribution in [3.63, 3.8) is 0 Å². The number of halogens is 2. The third-order valence-electron chi connectivity index (χ3n) is 3.45. The summed E-state index contributed by atoms with van der Waals surface area (Å²) in [5.74, 6) is -1.77. The summed E-state index contributed by atoms with van der Waals surface area (Å²) in [6.07, 6.45) is -1.05. The fourth-order valence-corrected chi connectivity index (χ4v) is 2.98. The Kier molecular flexibility index (Phi) is 5.98. The Hall–Kier alpha value is -2.58. The van der Waals surface area contributed by atoms with Gasteiger partial charge in [-0.05, 0) is 37.3 Å². The number of hydrogen-bond acceptors (Lipinski definition) is 6. The van der Waals surface area contributed by atoms with E-state index in [1.165, 1.54) is 13.0 Å². The fraction of sp³-hybridized carbons (Fsp3) is 0.167. The van der Waals surface area contributed by atoms with Crippen molar-refractivity contribution in [1.82, 2.24) is 4.98 Å². The smallest absolute Gasteiger partial charge is 0.317 e. The van der Waals surface area contributed by atoms with Crippen molar-refractivity contribution in [1.29, 1.82) is 0 Å². The second-order valence-electron chi connectivity index (χ2n) is 5.48. The molecule has 0 saturated carbocycles. The number of carbonyl (C=O) groups excluding carboxylic acids is 2. The van der Waals surface area contributed by atoms with E-state index in [4.69, 9.17) is 20.8 Å². The lowest BCUT2D eigenvalue weighted by Gasteiger charge is -2.14. The summed E-state index contributed by atoms with van der Waals surface area (Å²) in [7, 11) is 0. The molecule has 0 aliphatic rings. The van der Waals surface area contributed by atoms with Crippen molar-refractivity contribution < 1.29 is 23.1 Å². The Morgan fingerprint density at radius 2 is 2.11 bits per heavy atom. The summed E-state index contributed by atoms with van der Waals surface area (Å²) >= 11 is 6.92. The molecule has 0 bridgehead atoms. The average molecular weight is 409 g/mol. The third kappa shape index (κ3) is 4.99. The first-order valence-electron chi connectivity index (χ1n) is 7.86. The molecule has 0 spiro atoms. The van der Waals surface area contributed by atoms with Crippen LogP contribution < -0.4 is 5.32 Å². The molecule has 1 atom stereocenters. The average Bonchev–Trinajstić information content (AvgIpc) is 3.05. The number of benzene rings is 2. The number of aromatic nitrogens is 1. The van der Waals surface area contributed by atoms with Crippen LogP contribution in [0, 0.1) is 5.82 Å². The summed E-state index contributed by atoms with van der Waals surface area (Å²) < 4.78 is 23.6. The van der Waals surface area contributed by atoms with Crippen LogP contribution in [-0.2, 0) is 14.3 Å². The Morgan fingerprint density at radius 3 is 2.85 bits per heavy atom. The number of thioether (sulfide) groups is 1. The molecule has 1 N–H and O–H groups in total. The van der Waals surface area contributed by atoms with E-state index in [1.54, 1.807) is 12.1 Å². The molecule has 27 heavy (non-hydrogen) atoms. The first-order chi connectivity index (χ1) is 12.9. The first kappa shape index (κ1) is 19.2. The van der Waals surface area contributed by atoms with Crippen molar-refractivity contribution >= 4 is 52.0 Å². The van der Waals surface area contributed by atoms with Gasteiger partial charge in [0, 0.05) is 0 Å². The van der Waals surface area contributed by atoms with Crippen molar-refractivity contribution in [2.45, 2.75) is 18.3 Å². The molecule has 2 aromatic carbocycles. The molecular formula is C18H14ClFN2O4S. The van der Waals surface area contributed by atoms with Crippen LogP contribution in [0.4, 0.5) is 10.1 Å². The van der Waals surface area contributed by atoms with Gasteiger partial charge in [0.15, 0.2) is 11.7 Å². The number of anilines is 1. The van der Waals surface area contributed by atoms with Crippen molar-refractivity contribution in [2.24, 2.45) is 0 Å². The lowest BCUT2D eigenvalue weighted by atomic mass is 10.3. The van der Waals surface area contributed by atoms with Gasteiger partial charge in [-0.3, -0.25) is 9.59 Å². The minimum Gasteiger partial charge on any atom is -0.452 e. The van der Waals surface area contributed by atoms with E-state index in [2.05, 4.69) is 10.3 Å². The van der Waals surface area contributed by atoms with Crippen LogP contribution in [0.2, 0.25) is 5.02 Å². The topological polar surface area (TPSA) is 81.4 Å². The third-order valence-corrected chi connectivity index (χ3v) is 4.57. The maximum absolute atomic E-state index is 13.0. The molecule has 0 aliphatic heterocycles. The number of esters is 1. The Balaban J connectivity index is 1.51. The van der Waals surface area contributed by atoms with E-state index >= 15 is 0 Å². The van der Waals surface area contributed by atoms with E-state index in [9.17, 15) is 14.0 Å². The van der Waals surface area contributed by atoms with Crippen LogP contribution >= 0.6 is 23.4 Å². The highest BCUT2D eigenvalue weighted by atomic mass is 35.5. The molecule has 1 aromatic heterocycles. The van der Waals surface area contributed by atoms with Gasteiger partial charge in [0.05, 0.1) is 10.7 Å². The standard InChI is InChI=1S/C18H14ClFN2O4S/c1-10(17(24)21-13-7-6-11(20)8-12(13)19)25-16(23)9-27-18-22-14-4-2-3-5-15(14)26-18/h2-8,10H,9H2,1H3,(H,21,24). The zero-order chi connectivity index (χ0) is 19.4. The number of nitrogens with one attached hydrogen (secondary N) is 1. The van der Waals surface area contributed by atoms with Gasteiger partial charge in [0.25, 0.3) is 11.1 Å². The highest BCUT2D eigenvalue weighted by Crippen LogP contribution is 2.24. The number of ether oxygens (including phenoxy) is 1. The maximum atomic E-state index is 13.0. The fourth-order valence-electron chi connectivity index (χ4n) is 2.14. The lowest BCUT2D eigenvalue weighted by molar-refractivity contribution is -0.150. The number of nitrogens with zero attached hydrogens (tertiary/aromatic N) is 1. The van der Waals surface area contributed by atoms with Crippen LogP contribution in [-0.4, -0.2) is 28.7 Å². The van der Waals surface area contributed by atoms with Crippen LogP contribution in [0.25, 0.3) is 11.1 Å². The van der Waals surface area contributed by atoms with E-state index in [1.807, 2.05) is 12.1 Å². The monoisotopic (exact) mass is 408 g/mol. The molecule has 1 unspecified atom stereocenters. The van der Waals surface area contributed by atoms with Crippen LogP contribution in [0.15, 0.2) is 52.1 Å². The molecule has 1 heterocycles. The molecule has 0 fully saturated rings. The Labute approximate surface area is 163 Å². The van der Waals surface area contributed by atoms with Crippen LogP contribution in [0.1, 0.15) is 6.92 Å². The number of fused-ring (bicyclic) bond motifs is 1. The van der Waals surface area contributed by atoms with Crippen LogP contribution in [0.3, 0.4) is 0 Å². The van der Waals surface area contributed by atoms with Gasteiger partial charge in [-0.25, -0.2) is 9.37 Å². The molecule has 0 aliphatic carbocycles. The van der Waals surface area contributed by atoms with E-state index < -0.39 is 23.8 Å². The molecule has 3 rings (SSSR count). The molecule has 3 aromatic rings. The van der Waals surface area contributed by atoms with Gasteiger partial charge >= 0.3 is 5.97 Å². The molecule has 9 heteroatoms. The van der Waals surface area contributed by atoms with Gasteiger partial charge in [-0.2, -0.15) is 0 Å². The molecule has 140 valence electrons. The summed E-state index contributed by atoms with van der Waals surface area (Å²) in [5, 5.41) is 2.87. The highest BCUT2D eigenvalue weighted by molar-refractivity contribution is 7.99. The normalized spacial score (nSPS) is 12.0. The number of oxazole rings is 1. The summed E-state index contributed by atoms with van der Waals surface area (Å²) in [4.78, 5) is 28.3. The number of hydrogen-bond donors (Lipinski definition) is 1. The summed E-state index contributed by atoms with van der Waals surface area (Å²) in [6, 6.07) is 10.8. The lowest BCUT2D eigenvalue weighted by Crippen LogP contribution is -2.30. The molecule has 1 amide bonds. The van der Waals surface area contributed by atoms with Crippen molar-refractivity contribution in [3.05, 3.63) is 53.3 Å². The van der Waals surface area contributed by atoms with Crippen LogP contribution in [0.5, 0.6) is 0 Å². The predicted molar refractivity (Wildman–Crippen MR) is 100 cm³/mol. The number of para-hydroxylation sites is 2. The highest BCUT2D eigenvalue weighted by Gasteiger charge is 2.20. The minimum absolute atomic E-state index is 0.0494. The number of rotatable bonds is 6. The van der Waals surface area contributed by atoms with Gasteiger partial charge < -0.3 is 14.5 Å². The van der Waals surface area contributed by atoms with Gasteiger partial charge in [-0.1, -0.05) is 35.5 Å². The summed E-state index contributed by atoms with van der Waals surface area (Å²) in [5.41, 5.74) is 1.54. The zero-order valence-electron chi connectivity index (χ0n) is 14.1. The van der Waals surface area contributed by atoms with Gasteiger partial charge in [0.2, 0.25) is 0 Å². The van der Waals surface area contributed by atoms with E-state index in [0.717, 1.165) is 23.9 Å². The van der Waals surface area contributed by atoms with E-state index in [0.29, 0.717) is 16.3 Å². The SMILES string of the molecule is CC(OC(=O)CSc1nc2ccccc2o1)C(=O)Nc1ccc(F)cc1Cl. The maximum Gasteiger partial charge on any atom is 0.317 e. The van der Waals surface area contributed by atoms with Crippen molar-refractivity contribution in [3.8, 4) is 0 Å². The summed E-state index contributed by atoms with van der Waals surface area (Å²) in [6.45, 7) is 1.43. The number of carbonyl (C=O) groups is 2. The largest absolute Gasteiger partial charge is 0.452 e. The second-order valence-corrected chi connectivity index (χ2v) is 6.82. The predicted octanol–water partition coefficient (Wildman–Crippen LogP) is 4.28. The van der Waals surface area contributed by atoms with Gasteiger partial charge in [0.1, 0.15) is 17.1 Å². The van der Waals surface area contributed by atoms with Gasteiger partial charge in [-0.15, -0.1) is 0 Å². The number of amides is 1. The second kappa shape index (κ2) is 8.41. The quantitative estimate of drug-likeness (QED) is 0.484. The minimum atomic E-state index is -1.05. The molecule has 6 nitrogen and oxygen atoms in total. The zero-order valence-corrected chi connectivity index (χ0v) is 15.6. The molecule has 0 radical (unpaired) electrons. The van der Waals surface area contributed by atoms with Crippen molar-refractivity contribution in [2.75, 3.05) is 11.1 Å². The molecule has 0 saturated heterocycles. The Bertz CT molecular complexity index is 961. The van der Waals surface area contributed by atoms with E-state index in [-0.39, 0.29) is 16.5 Å².